The molecule has 3 heteroatoms. The van der Waals surface area contributed by atoms with Gasteiger partial charge in [0.2, 0.25) is 0 Å². The minimum atomic E-state index is -0.300. The molecule has 22 heavy (non-hydrogen) atoms. The van der Waals surface area contributed by atoms with Crippen LogP contribution in [0.1, 0.15) is 28.8 Å². The van der Waals surface area contributed by atoms with Gasteiger partial charge in [-0.15, -0.1) is 0 Å². The highest BCUT2D eigenvalue weighted by Crippen LogP contribution is 2.26. The van der Waals surface area contributed by atoms with Gasteiger partial charge in [-0.05, 0) is 56.2 Å². The fourth-order valence-corrected chi connectivity index (χ4v) is 3.01. The van der Waals surface area contributed by atoms with Gasteiger partial charge in [-0.2, -0.15) is 0 Å². The van der Waals surface area contributed by atoms with Crippen LogP contribution in [0.5, 0.6) is 0 Å². The molecule has 2 nitrogen and oxygen atoms in total. The third kappa shape index (κ3) is 3.19. The summed E-state index contributed by atoms with van der Waals surface area (Å²) in [6, 6.07) is 14.4. The molecule has 0 atom stereocenters. The number of aryl methyl sites for hydroxylation is 1. The van der Waals surface area contributed by atoms with Crippen LogP contribution in [-0.2, 0) is 0 Å². The number of rotatable bonds is 3. The average Bonchev–Trinajstić information content (AvgIpc) is 2.56. The quantitative estimate of drug-likeness (QED) is 0.790. The number of hydrogen-bond acceptors (Lipinski definition) is 2. The molecule has 0 spiro atoms. The van der Waals surface area contributed by atoms with Crippen molar-refractivity contribution in [3.05, 3.63) is 65.5 Å². The van der Waals surface area contributed by atoms with Gasteiger partial charge in [0.1, 0.15) is 5.82 Å². The number of anilines is 1. The van der Waals surface area contributed by atoms with Crippen molar-refractivity contribution in [3.8, 4) is 0 Å². The van der Waals surface area contributed by atoms with Crippen LogP contribution in [0.2, 0.25) is 0 Å². The summed E-state index contributed by atoms with van der Waals surface area (Å²) in [5.74, 6) is -0.110. The normalized spacial score (nSPS) is 15.8. The number of Topliss-reactive ketones (excluding diaryl/α,β-unsaturated/α-hetero) is 1. The van der Waals surface area contributed by atoms with Gasteiger partial charge in [-0.3, -0.25) is 4.79 Å². The fraction of sp³-hybridized carbons (Fsp3) is 0.316. The maximum Gasteiger partial charge on any atom is 0.166 e. The third-order valence-corrected chi connectivity index (χ3v) is 4.39. The number of piperidine rings is 1. The SMILES string of the molecule is Cc1ccc(N2CCC(C(=O)c3ccc(F)cc3)CC2)cc1. The highest BCUT2D eigenvalue weighted by molar-refractivity contribution is 5.97. The van der Waals surface area contributed by atoms with Crippen LogP contribution in [0.15, 0.2) is 48.5 Å². The van der Waals surface area contributed by atoms with Crippen LogP contribution in [0, 0.1) is 18.7 Å². The van der Waals surface area contributed by atoms with Gasteiger partial charge in [0.15, 0.2) is 5.78 Å². The number of carbonyl (C=O) groups is 1. The Morgan fingerprint density at radius 2 is 1.59 bits per heavy atom. The van der Waals surface area contributed by atoms with Crippen molar-refractivity contribution >= 4 is 11.5 Å². The molecule has 0 aromatic heterocycles. The summed E-state index contributed by atoms with van der Waals surface area (Å²) < 4.78 is 12.9. The molecule has 1 fully saturated rings. The maximum absolute atomic E-state index is 12.9. The average molecular weight is 297 g/mol. The molecular formula is C19H20FNO. The first-order valence-corrected chi connectivity index (χ1v) is 7.75. The molecule has 0 radical (unpaired) electrons. The van der Waals surface area contributed by atoms with E-state index < -0.39 is 0 Å². The first-order valence-electron chi connectivity index (χ1n) is 7.75. The van der Waals surface area contributed by atoms with Crippen LogP contribution < -0.4 is 4.90 Å². The molecule has 0 saturated carbocycles. The van der Waals surface area contributed by atoms with Crippen molar-refractivity contribution in [2.24, 2.45) is 5.92 Å². The van der Waals surface area contributed by atoms with Crippen molar-refractivity contribution in [1.29, 1.82) is 0 Å². The number of benzene rings is 2. The van der Waals surface area contributed by atoms with E-state index in [1.165, 1.54) is 23.4 Å². The molecule has 114 valence electrons. The smallest absolute Gasteiger partial charge is 0.166 e. The Morgan fingerprint density at radius 1 is 1.00 bits per heavy atom. The van der Waals surface area contributed by atoms with Crippen LogP contribution in [0.4, 0.5) is 10.1 Å². The number of nitrogens with zero attached hydrogens (tertiary/aromatic N) is 1. The van der Waals surface area contributed by atoms with Crippen LogP contribution in [0.25, 0.3) is 0 Å². The summed E-state index contributed by atoms with van der Waals surface area (Å²) in [7, 11) is 0. The zero-order valence-corrected chi connectivity index (χ0v) is 12.8. The van der Waals surface area contributed by atoms with Crippen molar-refractivity contribution in [2.45, 2.75) is 19.8 Å². The second kappa shape index (κ2) is 6.30. The van der Waals surface area contributed by atoms with Crippen molar-refractivity contribution in [2.75, 3.05) is 18.0 Å². The lowest BCUT2D eigenvalue weighted by molar-refractivity contribution is 0.0900. The minimum absolute atomic E-state index is 0.0483. The van der Waals surface area contributed by atoms with Crippen molar-refractivity contribution in [3.63, 3.8) is 0 Å². The van der Waals surface area contributed by atoms with Crippen molar-refractivity contribution < 1.29 is 9.18 Å². The summed E-state index contributed by atoms with van der Waals surface area (Å²) in [4.78, 5) is 14.8. The van der Waals surface area contributed by atoms with E-state index in [1.807, 2.05) is 0 Å². The monoisotopic (exact) mass is 297 g/mol. The standard InChI is InChI=1S/C19H20FNO/c1-14-2-8-18(9-3-14)21-12-10-16(11-13-21)19(22)15-4-6-17(20)7-5-15/h2-9,16H,10-13H2,1H3. The van der Waals surface area contributed by atoms with E-state index in [4.69, 9.17) is 0 Å². The number of carbonyl (C=O) groups excluding carboxylic acids is 1. The van der Waals surface area contributed by atoms with E-state index in [0.717, 1.165) is 25.9 Å². The zero-order chi connectivity index (χ0) is 15.5. The second-order valence-electron chi connectivity index (χ2n) is 5.97. The van der Waals surface area contributed by atoms with E-state index >= 15 is 0 Å². The molecule has 2 aromatic rings. The molecular weight excluding hydrogens is 277 g/mol. The summed E-state index contributed by atoms with van der Waals surface area (Å²) in [5, 5.41) is 0. The molecule has 1 aliphatic rings. The Labute approximate surface area is 130 Å². The van der Waals surface area contributed by atoms with Gasteiger partial charge in [0, 0.05) is 30.3 Å². The Kier molecular flexibility index (Phi) is 4.23. The number of ketones is 1. The Morgan fingerprint density at radius 3 is 2.18 bits per heavy atom. The van der Waals surface area contributed by atoms with E-state index in [9.17, 15) is 9.18 Å². The predicted molar refractivity (Wildman–Crippen MR) is 86.8 cm³/mol. The molecule has 1 saturated heterocycles. The molecule has 0 aliphatic carbocycles. The van der Waals surface area contributed by atoms with E-state index in [0.29, 0.717) is 5.56 Å². The topological polar surface area (TPSA) is 20.3 Å². The highest BCUT2D eigenvalue weighted by Gasteiger charge is 2.25. The molecule has 3 rings (SSSR count). The molecule has 0 unspecified atom stereocenters. The van der Waals surface area contributed by atoms with E-state index in [2.05, 4.69) is 36.1 Å². The van der Waals surface area contributed by atoms with Crippen molar-refractivity contribution in [1.82, 2.24) is 0 Å². The van der Waals surface area contributed by atoms with E-state index in [1.54, 1.807) is 12.1 Å². The Bertz CT molecular complexity index is 640. The summed E-state index contributed by atoms with van der Waals surface area (Å²) in [6.07, 6.45) is 1.70. The maximum atomic E-state index is 12.9. The van der Waals surface area contributed by atoms with Crippen LogP contribution in [0.3, 0.4) is 0 Å². The van der Waals surface area contributed by atoms with Gasteiger partial charge in [0.05, 0.1) is 0 Å². The third-order valence-electron chi connectivity index (χ3n) is 4.39. The van der Waals surface area contributed by atoms with E-state index in [-0.39, 0.29) is 17.5 Å². The van der Waals surface area contributed by atoms with Gasteiger partial charge in [-0.1, -0.05) is 17.7 Å². The fourth-order valence-electron chi connectivity index (χ4n) is 3.01. The lowest BCUT2D eigenvalue weighted by Gasteiger charge is -2.33. The predicted octanol–water partition coefficient (Wildman–Crippen LogP) is 4.23. The minimum Gasteiger partial charge on any atom is -0.371 e. The molecule has 2 aromatic carbocycles. The number of halogens is 1. The summed E-state index contributed by atoms with van der Waals surface area (Å²) in [6.45, 7) is 3.86. The molecule has 1 aliphatic heterocycles. The van der Waals surface area contributed by atoms with Crippen LogP contribution >= 0.6 is 0 Å². The largest absolute Gasteiger partial charge is 0.371 e. The Balaban J connectivity index is 1.62. The second-order valence-corrected chi connectivity index (χ2v) is 5.97. The highest BCUT2D eigenvalue weighted by atomic mass is 19.1. The zero-order valence-electron chi connectivity index (χ0n) is 12.8. The lowest BCUT2D eigenvalue weighted by Crippen LogP contribution is -2.36. The number of hydrogen-bond donors (Lipinski definition) is 0. The summed E-state index contributed by atoms with van der Waals surface area (Å²) in [5.41, 5.74) is 3.10. The van der Waals surface area contributed by atoms with Gasteiger partial charge in [0.25, 0.3) is 0 Å². The lowest BCUT2D eigenvalue weighted by atomic mass is 9.88. The summed E-state index contributed by atoms with van der Waals surface area (Å²) >= 11 is 0. The molecule has 0 bridgehead atoms. The first-order chi connectivity index (χ1) is 10.6. The van der Waals surface area contributed by atoms with Gasteiger partial charge >= 0.3 is 0 Å². The molecule has 0 N–H and O–H groups in total. The van der Waals surface area contributed by atoms with Gasteiger partial charge < -0.3 is 4.90 Å². The van der Waals surface area contributed by atoms with Gasteiger partial charge in [-0.25, -0.2) is 4.39 Å². The molecule has 0 amide bonds. The Hall–Kier alpha value is -2.16. The molecule has 1 heterocycles. The first kappa shape index (κ1) is 14.8. The van der Waals surface area contributed by atoms with Crippen LogP contribution in [-0.4, -0.2) is 18.9 Å².